The van der Waals surface area contributed by atoms with E-state index in [2.05, 4.69) is 4.98 Å². The van der Waals surface area contributed by atoms with E-state index in [1.807, 2.05) is 11.2 Å². The summed E-state index contributed by atoms with van der Waals surface area (Å²) < 4.78 is 38.6. The molecule has 1 aromatic carbocycles. The van der Waals surface area contributed by atoms with E-state index in [0.29, 0.717) is 56.9 Å². The van der Waals surface area contributed by atoms with Crippen molar-refractivity contribution < 1.29 is 28.2 Å². The standard InChI is InChI=1S/C29H29F2N5O5S2/c1-43-24(42)7-5-18-14-36(29(40)41-18)17-4-6-23(21(30)12-17)33-8-10-34(11-9-33)27-22(31)13-19-25(37)20(28(38)39)15-35(16-2-3-16)26(19)32-27/h4,6,12-13,15-16,18H,2-3,5,7-11,14H2,1H3,(H,38,39)/t18-/m0/s1. The maximum Gasteiger partial charge on any atom is 0.414 e. The number of hydrogen-bond acceptors (Lipinski definition) is 9. The molecular weight excluding hydrogens is 600 g/mol. The Labute approximate surface area is 255 Å². The lowest BCUT2D eigenvalue weighted by molar-refractivity contribution is 0.0694. The number of rotatable bonds is 8. The topological polar surface area (TPSA) is 108 Å². The number of thioether (sulfide) groups is 1. The molecule has 3 aromatic rings. The molecule has 226 valence electrons. The molecule has 1 N–H and O–H groups in total. The van der Waals surface area contributed by atoms with E-state index in [4.69, 9.17) is 17.0 Å². The van der Waals surface area contributed by atoms with Gasteiger partial charge in [-0.1, -0.05) is 12.2 Å². The van der Waals surface area contributed by atoms with E-state index < -0.39 is 34.7 Å². The van der Waals surface area contributed by atoms with E-state index in [1.54, 1.807) is 21.6 Å². The lowest BCUT2D eigenvalue weighted by Crippen LogP contribution is -2.47. The van der Waals surface area contributed by atoms with E-state index in [1.165, 1.54) is 28.9 Å². The Kier molecular flexibility index (Phi) is 7.98. The zero-order valence-electron chi connectivity index (χ0n) is 23.3. The average Bonchev–Trinajstić information content (AvgIpc) is 3.77. The zero-order chi connectivity index (χ0) is 30.4. The van der Waals surface area contributed by atoms with Gasteiger partial charge in [0.15, 0.2) is 11.6 Å². The van der Waals surface area contributed by atoms with Crippen LogP contribution in [0.1, 0.15) is 42.1 Å². The molecule has 3 aliphatic rings. The molecule has 1 saturated carbocycles. The molecule has 14 heteroatoms. The van der Waals surface area contributed by atoms with E-state index in [0.717, 1.165) is 23.1 Å². The molecular formula is C29H29F2N5O5S2. The van der Waals surface area contributed by atoms with Crippen molar-refractivity contribution in [2.45, 2.75) is 37.8 Å². The number of ether oxygens (including phenoxy) is 1. The first kappa shape index (κ1) is 29.3. The van der Waals surface area contributed by atoms with Crippen LogP contribution in [-0.2, 0) is 4.74 Å². The van der Waals surface area contributed by atoms with E-state index >= 15 is 8.78 Å². The van der Waals surface area contributed by atoms with E-state index in [-0.39, 0.29) is 29.0 Å². The van der Waals surface area contributed by atoms with Gasteiger partial charge in [0.2, 0.25) is 5.43 Å². The smallest absolute Gasteiger partial charge is 0.414 e. The third kappa shape index (κ3) is 5.77. The zero-order valence-corrected chi connectivity index (χ0v) is 24.9. The first-order valence-electron chi connectivity index (χ1n) is 14.0. The molecule has 2 aromatic heterocycles. The number of piperazine rings is 1. The molecule has 0 spiro atoms. The highest BCUT2D eigenvalue weighted by Gasteiger charge is 2.33. The molecule has 3 fully saturated rings. The van der Waals surface area contributed by atoms with Crippen molar-refractivity contribution in [2.24, 2.45) is 0 Å². The molecule has 1 amide bonds. The van der Waals surface area contributed by atoms with Crippen molar-refractivity contribution in [3.63, 3.8) is 0 Å². The predicted molar refractivity (Wildman–Crippen MR) is 165 cm³/mol. The quantitative estimate of drug-likeness (QED) is 0.348. The fourth-order valence-corrected chi connectivity index (χ4v) is 6.03. The van der Waals surface area contributed by atoms with Gasteiger partial charge in [0, 0.05) is 42.6 Å². The van der Waals surface area contributed by atoms with Gasteiger partial charge in [0.1, 0.15) is 23.1 Å². The molecule has 2 saturated heterocycles. The normalized spacial score (nSPS) is 18.8. The number of anilines is 3. The minimum absolute atomic E-state index is 0.0152. The minimum atomic E-state index is -1.36. The number of pyridine rings is 2. The number of thiocarbonyl (C=S) groups is 1. The Bertz CT molecular complexity index is 1690. The molecule has 10 nitrogen and oxygen atoms in total. The summed E-state index contributed by atoms with van der Waals surface area (Å²) in [5, 5.41) is 9.40. The van der Waals surface area contributed by atoms with Crippen LogP contribution in [0.5, 0.6) is 0 Å². The second kappa shape index (κ2) is 11.7. The minimum Gasteiger partial charge on any atom is -0.477 e. The Morgan fingerprint density at radius 3 is 2.49 bits per heavy atom. The highest BCUT2D eigenvalue weighted by Crippen LogP contribution is 2.37. The fourth-order valence-electron chi connectivity index (χ4n) is 5.59. The summed E-state index contributed by atoms with van der Waals surface area (Å²) in [7, 11) is 0. The van der Waals surface area contributed by atoms with Crippen LogP contribution in [0.4, 0.5) is 30.8 Å². The van der Waals surface area contributed by atoms with Gasteiger partial charge in [-0.05, 0) is 56.2 Å². The molecule has 0 radical (unpaired) electrons. The second-order valence-electron chi connectivity index (χ2n) is 10.8. The van der Waals surface area contributed by atoms with E-state index in [9.17, 15) is 19.5 Å². The molecule has 4 heterocycles. The molecule has 0 bridgehead atoms. The largest absolute Gasteiger partial charge is 0.477 e. The van der Waals surface area contributed by atoms with Crippen LogP contribution in [0.25, 0.3) is 11.0 Å². The van der Waals surface area contributed by atoms with Crippen molar-refractivity contribution in [2.75, 3.05) is 53.7 Å². The van der Waals surface area contributed by atoms with Crippen molar-refractivity contribution in [3.05, 3.63) is 57.9 Å². The highest BCUT2D eigenvalue weighted by atomic mass is 32.2. The van der Waals surface area contributed by atoms with Crippen LogP contribution >= 0.6 is 24.0 Å². The van der Waals surface area contributed by atoms with Crippen LogP contribution in [0.2, 0.25) is 0 Å². The van der Waals surface area contributed by atoms with Crippen molar-refractivity contribution in [1.82, 2.24) is 9.55 Å². The number of fused-ring (bicyclic) bond motifs is 1. The Balaban J connectivity index is 1.16. The van der Waals surface area contributed by atoms with Gasteiger partial charge in [-0.25, -0.2) is 23.4 Å². The number of nitrogens with zero attached hydrogens (tertiary/aromatic N) is 5. The lowest BCUT2D eigenvalue weighted by Gasteiger charge is -2.37. The van der Waals surface area contributed by atoms with Crippen LogP contribution in [0, 0.1) is 11.6 Å². The number of carboxylic acid groups (broad SMARTS) is 1. The summed E-state index contributed by atoms with van der Waals surface area (Å²) in [5.74, 6) is -2.49. The Morgan fingerprint density at radius 1 is 1.12 bits per heavy atom. The molecule has 1 atom stereocenters. The monoisotopic (exact) mass is 629 g/mol. The Hall–Kier alpha value is -3.78. The number of halogens is 2. The van der Waals surface area contributed by atoms with Crippen LogP contribution < -0.4 is 20.1 Å². The maximum absolute atomic E-state index is 15.3. The van der Waals surface area contributed by atoms with Gasteiger partial charge in [-0.3, -0.25) is 9.69 Å². The number of aromatic carboxylic acids is 1. The van der Waals surface area contributed by atoms with Gasteiger partial charge in [0.25, 0.3) is 0 Å². The summed E-state index contributed by atoms with van der Waals surface area (Å²) in [4.78, 5) is 46.3. The number of amides is 1. The van der Waals surface area contributed by atoms with Crippen LogP contribution in [0.3, 0.4) is 0 Å². The van der Waals surface area contributed by atoms with Crippen LogP contribution in [-0.4, -0.2) is 76.0 Å². The lowest BCUT2D eigenvalue weighted by atomic mass is 10.1. The van der Waals surface area contributed by atoms with Crippen LogP contribution in [0.15, 0.2) is 35.3 Å². The van der Waals surface area contributed by atoms with Crippen molar-refractivity contribution in [1.29, 1.82) is 0 Å². The molecule has 43 heavy (non-hydrogen) atoms. The summed E-state index contributed by atoms with van der Waals surface area (Å²) in [5.41, 5.74) is -0.137. The highest BCUT2D eigenvalue weighted by molar-refractivity contribution is 8.22. The van der Waals surface area contributed by atoms with Crippen molar-refractivity contribution >= 4 is 68.5 Å². The first-order valence-corrected chi connectivity index (χ1v) is 15.6. The van der Waals surface area contributed by atoms with Crippen molar-refractivity contribution in [3.8, 4) is 0 Å². The van der Waals surface area contributed by atoms with Gasteiger partial charge in [-0.15, -0.1) is 11.8 Å². The summed E-state index contributed by atoms with van der Waals surface area (Å²) in [6, 6.07) is 5.73. The average molecular weight is 630 g/mol. The number of aromatic nitrogens is 2. The molecule has 0 unspecified atom stereocenters. The maximum atomic E-state index is 15.3. The number of hydrogen-bond donors (Lipinski definition) is 1. The summed E-state index contributed by atoms with van der Waals surface area (Å²) in [6.45, 7) is 1.77. The summed E-state index contributed by atoms with van der Waals surface area (Å²) >= 11 is 6.72. The molecule has 2 aliphatic heterocycles. The first-order chi connectivity index (χ1) is 20.6. The molecule has 1 aliphatic carbocycles. The fraction of sp³-hybridized carbons (Fsp3) is 0.414. The number of carboxylic acids is 1. The predicted octanol–water partition coefficient (Wildman–Crippen LogP) is 4.83. The third-order valence-electron chi connectivity index (χ3n) is 8.05. The van der Waals surface area contributed by atoms with Gasteiger partial charge < -0.3 is 24.2 Å². The number of carbonyl (C=O) groups is 2. The Morgan fingerprint density at radius 2 is 1.84 bits per heavy atom. The molecule has 6 rings (SSSR count). The number of benzene rings is 1. The summed E-state index contributed by atoms with van der Waals surface area (Å²) in [6.07, 6.45) is 5.29. The van der Waals surface area contributed by atoms with Gasteiger partial charge >= 0.3 is 12.1 Å². The second-order valence-corrected chi connectivity index (χ2v) is 12.5. The third-order valence-corrected chi connectivity index (χ3v) is 9.41. The van der Waals surface area contributed by atoms with Gasteiger partial charge in [-0.2, -0.15) is 0 Å². The number of carbonyl (C=O) groups excluding carboxylic acids is 1. The number of cyclic esters (lactones) is 1. The SMILES string of the molecule is CSC(=S)CC[C@H]1CN(c2ccc(N3CCN(c4nc5c(cc4F)c(=O)c(C(=O)O)cn5C4CC4)CC3)c(F)c2)C(=O)O1. The van der Waals surface area contributed by atoms with Gasteiger partial charge in [0.05, 0.1) is 23.3 Å².